The predicted octanol–water partition coefficient (Wildman–Crippen LogP) is 2.09. The molecule has 6 nitrogen and oxygen atoms in total. The molecule has 0 bridgehead atoms. The van der Waals surface area contributed by atoms with E-state index in [1.807, 2.05) is 0 Å². The summed E-state index contributed by atoms with van der Waals surface area (Å²) in [6.45, 7) is 7.42. The molecule has 0 radical (unpaired) electrons. The quantitative estimate of drug-likeness (QED) is 0.477. The fourth-order valence-electron chi connectivity index (χ4n) is 1.81. The third kappa shape index (κ3) is 5.49. The van der Waals surface area contributed by atoms with Gasteiger partial charge in [-0.05, 0) is 25.3 Å². The average molecular weight is 295 g/mol. The molecule has 1 heterocycles. The highest BCUT2D eigenvalue weighted by Gasteiger charge is 2.15. The maximum atomic E-state index is 11.5. The van der Waals surface area contributed by atoms with Crippen LogP contribution < -0.4 is 10.6 Å². The van der Waals surface area contributed by atoms with Gasteiger partial charge in [0.25, 0.3) is 0 Å². The zero-order chi connectivity index (χ0) is 15.8. The molecule has 118 valence electrons. The zero-order valence-corrected chi connectivity index (χ0v) is 13.4. The van der Waals surface area contributed by atoms with Crippen LogP contribution in [0.25, 0.3) is 0 Å². The van der Waals surface area contributed by atoms with E-state index in [-0.39, 0.29) is 5.97 Å². The molecule has 0 saturated heterocycles. The van der Waals surface area contributed by atoms with Gasteiger partial charge in [-0.25, -0.2) is 4.79 Å². The summed E-state index contributed by atoms with van der Waals surface area (Å²) in [6, 6.07) is 1.69. The lowest BCUT2D eigenvalue weighted by Crippen LogP contribution is -2.37. The predicted molar refractivity (Wildman–Crippen MR) is 82.4 cm³/mol. The second-order valence-corrected chi connectivity index (χ2v) is 5.21. The molecule has 0 spiro atoms. The van der Waals surface area contributed by atoms with Crippen LogP contribution in [0.5, 0.6) is 0 Å². The molecule has 0 aliphatic rings. The minimum Gasteiger partial charge on any atom is -0.465 e. The van der Waals surface area contributed by atoms with E-state index in [2.05, 4.69) is 29.5 Å². The Balaban J connectivity index is 2.52. The molecule has 1 aromatic rings. The number of aryl methyl sites for hydroxylation is 1. The molecule has 0 aliphatic carbocycles. The van der Waals surface area contributed by atoms with Crippen molar-refractivity contribution in [3.63, 3.8) is 0 Å². The van der Waals surface area contributed by atoms with Crippen molar-refractivity contribution in [1.29, 1.82) is 0 Å². The molecule has 0 unspecified atom stereocenters. The van der Waals surface area contributed by atoms with Crippen molar-refractivity contribution in [1.82, 2.24) is 10.6 Å². The molecule has 0 fully saturated rings. The topological polar surface area (TPSA) is 75.9 Å². The number of ether oxygens (including phenoxy) is 1. The molecule has 0 aromatic carbocycles. The summed E-state index contributed by atoms with van der Waals surface area (Å²) in [5, 5.41) is 6.38. The fraction of sp³-hybridized carbons (Fsp3) is 0.600. The first-order valence-electron chi connectivity index (χ1n) is 7.10. The largest absolute Gasteiger partial charge is 0.465 e. The maximum Gasteiger partial charge on any atom is 0.341 e. The molecule has 6 heteroatoms. The monoisotopic (exact) mass is 295 g/mol. The van der Waals surface area contributed by atoms with Gasteiger partial charge in [0.1, 0.15) is 17.1 Å². The normalized spacial score (nSPS) is 11.6. The van der Waals surface area contributed by atoms with E-state index in [1.54, 1.807) is 20.0 Å². The molecule has 21 heavy (non-hydrogen) atoms. The lowest BCUT2D eigenvalue weighted by Gasteiger charge is -2.11. The SMILES string of the molecule is CN=C(NCCC(C)C)NCc1cc(C(=O)OC)c(C)o1. The minimum absolute atomic E-state index is 0.387. The van der Waals surface area contributed by atoms with Crippen molar-refractivity contribution in [2.45, 2.75) is 33.7 Å². The Hall–Kier alpha value is -1.98. The number of furan rings is 1. The van der Waals surface area contributed by atoms with Gasteiger partial charge in [0.05, 0.1) is 13.7 Å². The highest BCUT2D eigenvalue weighted by atomic mass is 16.5. The molecule has 2 N–H and O–H groups in total. The molecular weight excluding hydrogens is 270 g/mol. The molecule has 0 saturated carbocycles. The van der Waals surface area contributed by atoms with Crippen molar-refractivity contribution in [2.75, 3.05) is 20.7 Å². The van der Waals surface area contributed by atoms with Gasteiger partial charge >= 0.3 is 5.97 Å². The summed E-state index contributed by atoms with van der Waals surface area (Å²) in [7, 11) is 3.07. The minimum atomic E-state index is -0.387. The van der Waals surface area contributed by atoms with Crippen LogP contribution in [-0.4, -0.2) is 32.6 Å². The number of nitrogens with one attached hydrogen (secondary N) is 2. The first-order valence-corrected chi connectivity index (χ1v) is 7.10. The molecule has 0 aliphatic heterocycles. The van der Waals surface area contributed by atoms with Crippen LogP contribution in [0, 0.1) is 12.8 Å². The van der Waals surface area contributed by atoms with Crippen molar-refractivity contribution >= 4 is 11.9 Å². The average Bonchev–Trinajstić information content (AvgIpc) is 2.82. The number of rotatable bonds is 6. The Kier molecular flexibility index (Phi) is 6.78. The Bertz CT molecular complexity index is 492. The Morgan fingerprint density at radius 1 is 1.43 bits per heavy atom. The number of hydrogen-bond acceptors (Lipinski definition) is 4. The van der Waals surface area contributed by atoms with Crippen molar-refractivity contribution in [2.24, 2.45) is 10.9 Å². The van der Waals surface area contributed by atoms with Crippen LogP contribution in [0.1, 0.15) is 42.1 Å². The van der Waals surface area contributed by atoms with Crippen molar-refractivity contribution in [3.8, 4) is 0 Å². The number of hydrogen-bond donors (Lipinski definition) is 2. The zero-order valence-electron chi connectivity index (χ0n) is 13.4. The van der Waals surface area contributed by atoms with E-state index in [4.69, 9.17) is 9.15 Å². The van der Waals surface area contributed by atoms with E-state index < -0.39 is 0 Å². The van der Waals surface area contributed by atoms with Gasteiger partial charge in [0.2, 0.25) is 0 Å². The van der Waals surface area contributed by atoms with Crippen LogP contribution in [0.3, 0.4) is 0 Å². The molecular formula is C15H25N3O3. The third-order valence-electron chi connectivity index (χ3n) is 3.04. The molecule has 0 atom stereocenters. The van der Waals surface area contributed by atoms with E-state index in [0.717, 1.165) is 13.0 Å². The number of guanidine groups is 1. The smallest absolute Gasteiger partial charge is 0.341 e. The Morgan fingerprint density at radius 2 is 2.14 bits per heavy atom. The van der Waals surface area contributed by atoms with E-state index in [0.29, 0.717) is 35.5 Å². The number of nitrogens with zero attached hydrogens (tertiary/aromatic N) is 1. The number of methoxy groups -OCH3 is 1. The summed E-state index contributed by atoms with van der Waals surface area (Å²) in [5.74, 6) is 2.19. The van der Waals surface area contributed by atoms with E-state index in [1.165, 1.54) is 7.11 Å². The highest BCUT2D eigenvalue weighted by molar-refractivity contribution is 5.90. The van der Waals surface area contributed by atoms with E-state index >= 15 is 0 Å². The highest BCUT2D eigenvalue weighted by Crippen LogP contribution is 2.15. The molecule has 0 amide bonds. The summed E-state index contributed by atoms with van der Waals surface area (Å²) in [5.41, 5.74) is 0.456. The summed E-state index contributed by atoms with van der Waals surface area (Å²) in [4.78, 5) is 15.6. The second kappa shape index (κ2) is 8.34. The van der Waals surface area contributed by atoms with Gasteiger partial charge in [0, 0.05) is 13.6 Å². The Labute approximate surface area is 126 Å². The lowest BCUT2D eigenvalue weighted by atomic mass is 10.1. The molecule has 1 aromatic heterocycles. The lowest BCUT2D eigenvalue weighted by molar-refractivity contribution is 0.0599. The third-order valence-corrected chi connectivity index (χ3v) is 3.04. The standard InChI is InChI=1S/C15H25N3O3/c1-10(2)6-7-17-15(16-4)18-9-12-8-13(11(3)21-12)14(19)20-5/h8,10H,6-7,9H2,1-5H3,(H2,16,17,18). The van der Waals surface area contributed by atoms with Gasteiger partial charge in [-0.2, -0.15) is 0 Å². The van der Waals surface area contributed by atoms with Crippen LogP contribution in [0.4, 0.5) is 0 Å². The van der Waals surface area contributed by atoms with Gasteiger partial charge in [-0.15, -0.1) is 0 Å². The number of aliphatic imine (C=N–C) groups is 1. The van der Waals surface area contributed by atoms with Gasteiger partial charge < -0.3 is 19.8 Å². The molecule has 1 rings (SSSR count). The number of esters is 1. The van der Waals surface area contributed by atoms with Crippen LogP contribution >= 0.6 is 0 Å². The second-order valence-electron chi connectivity index (χ2n) is 5.21. The Morgan fingerprint density at radius 3 is 2.71 bits per heavy atom. The summed E-state index contributed by atoms with van der Waals surface area (Å²) < 4.78 is 10.2. The van der Waals surface area contributed by atoms with Gasteiger partial charge in [-0.1, -0.05) is 13.8 Å². The van der Waals surface area contributed by atoms with Crippen LogP contribution in [-0.2, 0) is 11.3 Å². The number of carbonyl (C=O) groups is 1. The first-order chi connectivity index (χ1) is 9.97. The van der Waals surface area contributed by atoms with E-state index in [9.17, 15) is 4.79 Å². The summed E-state index contributed by atoms with van der Waals surface area (Å²) >= 11 is 0. The van der Waals surface area contributed by atoms with Crippen LogP contribution in [0.2, 0.25) is 0 Å². The van der Waals surface area contributed by atoms with Crippen molar-refractivity contribution < 1.29 is 13.9 Å². The van der Waals surface area contributed by atoms with Crippen molar-refractivity contribution in [3.05, 3.63) is 23.2 Å². The fourth-order valence-corrected chi connectivity index (χ4v) is 1.81. The summed E-state index contributed by atoms with van der Waals surface area (Å²) in [6.07, 6.45) is 1.08. The van der Waals surface area contributed by atoms with Gasteiger partial charge in [0.15, 0.2) is 5.96 Å². The van der Waals surface area contributed by atoms with Crippen LogP contribution in [0.15, 0.2) is 15.5 Å². The maximum absolute atomic E-state index is 11.5. The van der Waals surface area contributed by atoms with Gasteiger partial charge in [-0.3, -0.25) is 4.99 Å². The first kappa shape index (κ1) is 17.1. The number of carbonyl (C=O) groups excluding carboxylic acids is 1.